The van der Waals surface area contributed by atoms with Crippen LogP contribution in [-0.2, 0) is 5.92 Å². The zero-order valence-electron chi connectivity index (χ0n) is 11.2. The van der Waals surface area contributed by atoms with Gasteiger partial charge in [-0.3, -0.25) is 0 Å². The Balaban J connectivity index is 2.59. The van der Waals surface area contributed by atoms with Crippen LogP contribution < -0.4 is 0 Å². The van der Waals surface area contributed by atoms with Gasteiger partial charge in [-0.1, -0.05) is 24.3 Å². The highest BCUT2D eigenvalue weighted by atomic mass is 19.4. The molecule has 0 amide bonds. The third kappa shape index (κ3) is 2.44. The van der Waals surface area contributed by atoms with Gasteiger partial charge >= 0.3 is 18.1 Å². The first-order chi connectivity index (χ1) is 10.1. The SMILES string of the molecule is CC(C)c1c(C(F)(F)C(F)(F)F)nnn1C(=O)n1ccnn1. The van der Waals surface area contributed by atoms with Crippen molar-refractivity contribution < 1.29 is 26.7 Å². The first kappa shape index (κ1) is 16.0. The monoisotopic (exact) mass is 324 g/mol. The molecular weight excluding hydrogens is 315 g/mol. The summed E-state index contributed by atoms with van der Waals surface area (Å²) in [5, 5.41) is 12.7. The van der Waals surface area contributed by atoms with Crippen molar-refractivity contribution in [3.05, 3.63) is 23.8 Å². The Morgan fingerprint density at radius 1 is 1.18 bits per heavy atom. The van der Waals surface area contributed by atoms with Crippen molar-refractivity contribution in [2.75, 3.05) is 0 Å². The first-order valence-corrected chi connectivity index (χ1v) is 5.89. The summed E-state index contributed by atoms with van der Waals surface area (Å²) in [6.45, 7) is 2.67. The van der Waals surface area contributed by atoms with Crippen molar-refractivity contribution in [2.45, 2.75) is 31.9 Å². The number of hydrogen-bond donors (Lipinski definition) is 0. The fraction of sp³-hybridized carbons (Fsp3) is 0.500. The number of hydrogen-bond acceptors (Lipinski definition) is 5. The lowest BCUT2D eigenvalue weighted by molar-refractivity contribution is -0.291. The van der Waals surface area contributed by atoms with Crippen LogP contribution in [0.4, 0.5) is 26.7 Å². The summed E-state index contributed by atoms with van der Waals surface area (Å²) in [5.74, 6) is -6.10. The number of halogens is 5. The average Bonchev–Trinajstić information content (AvgIpc) is 3.06. The standard InChI is InChI=1S/C10H9F5N6O/c1-5(2)6-7(9(11,12)10(13,14)15)17-19-21(6)8(22)20-4-3-16-18-20/h3-5H,1-2H3. The first-order valence-electron chi connectivity index (χ1n) is 5.89. The van der Waals surface area contributed by atoms with E-state index in [0.717, 1.165) is 12.4 Å². The number of carbonyl (C=O) groups is 1. The summed E-state index contributed by atoms with van der Waals surface area (Å²) >= 11 is 0. The highest BCUT2D eigenvalue weighted by Gasteiger charge is 2.62. The molecule has 0 saturated heterocycles. The fourth-order valence-corrected chi connectivity index (χ4v) is 1.71. The van der Waals surface area contributed by atoms with Gasteiger partial charge in [0.05, 0.1) is 18.1 Å². The molecule has 0 N–H and O–H groups in total. The van der Waals surface area contributed by atoms with E-state index in [-0.39, 0.29) is 0 Å². The minimum absolute atomic E-state index is 0.355. The maximum absolute atomic E-state index is 13.5. The smallest absolute Gasteiger partial charge is 0.243 e. The maximum atomic E-state index is 13.5. The van der Waals surface area contributed by atoms with Crippen LogP contribution in [0.1, 0.15) is 31.2 Å². The van der Waals surface area contributed by atoms with E-state index in [1.165, 1.54) is 13.8 Å². The molecule has 2 heterocycles. The van der Waals surface area contributed by atoms with E-state index in [4.69, 9.17) is 0 Å². The van der Waals surface area contributed by atoms with E-state index in [1.54, 1.807) is 0 Å². The number of carbonyl (C=O) groups excluding carboxylic acids is 1. The quantitative estimate of drug-likeness (QED) is 0.791. The second kappa shape index (κ2) is 5.10. The highest BCUT2D eigenvalue weighted by molar-refractivity contribution is 5.78. The molecule has 0 fully saturated rings. The van der Waals surface area contributed by atoms with Crippen LogP contribution in [0.25, 0.3) is 0 Å². The molecular formula is C10H9F5N6O. The second-order valence-electron chi connectivity index (χ2n) is 4.59. The molecule has 0 aromatic carbocycles. The Morgan fingerprint density at radius 2 is 1.82 bits per heavy atom. The summed E-state index contributed by atoms with van der Waals surface area (Å²) in [5.41, 5.74) is -2.26. The predicted molar refractivity (Wildman–Crippen MR) is 60.3 cm³/mol. The molecule has 0 radical (unpaired) electrons. The average molecular weight is 324 g/mol. The molecule has 7 nitrogen and oxygen atoms in total. The molecule has 2 aromatic heterocycles. The Morgan fingerprint density at radius 3 is 2.27 bits per heavy atom. The second-order valence-corrected chi connectivity index (χ2v) is 4.59. The van der Waals surface area contributed by atoms with Crippen molar-refractivity contribution in [1.29, 1.82) is 0 Å². The lowest BCUT2D eigenvalue weighted by Crippen LogP contribution is -2.35. The zero-order valence-corrected chi connectivity index (χ0v) is 11.2. The summed E-state index contributed by atoms with van der Waals surface area (Å²) < 4.78 is 65.5. The van der Waals surface area contributed by atoms with E-state index in [1.807, 2.05) is 0 Å². The third-order valence-electron chi connectivity index (χ3n) is 2.70. The Kier molecular flexibility index (Phi) is 3.71. The maximum Gasteiger partial charge on any atom is 0.459 e. The minimum atomic E-state index is -5.85. The number of alkyl halides is 5. The molecule has 0 unspecified atom stereocenters. The van der Waals surface area contributed by atoms with Gasteiger partial charge in [0.25, 0.3) is 0 Å². The largest absolute Gasteiger partial charge is 0.459 e. The van der Waals surface area contributed by atoms with Crippen molar-refractivity contribution in [1.82, 2.24) is 30.0 Å². The van der Waals surface area contributed by atoms with Crippen molar-refractivity contribution in [3.8, 4) is 0 Å². The van der Waals surface area contributed by atoms with Gasteiger partial charge in [-0.15, -0.1) is 10.2 Å². The lowest BCUT2D eigenvalue weighted by Gasteiger charge is -2.19. The summed E-state index contributed by atoms with van der Waals surface area (Å²) in [4.78, 5) is 12.0. The zero-order chi connectivity index (χ0) is 16.7. The van der Waals surface area contributed by atoms with Gasteiger partial charge in [0.2, 0.25) is 0 Å². The molecule has 2 aromatic rings. The van der Waals surface area contributed by atoms with Crippen LogP contribution >= 0.6 is 0 Å². The number of aromatic nitrogens is 6. The van der Waals surface area contributed by atoms with Crippen LogP contribution in [0, 0.1) is 0 Å². The van der Waals surface area contributed by atoms with E-state index in [2.05, 4.69) is 20.6 Å². The number of nitrogens with zero attached hydrogens (tertiary/aromatic N) is 6. The van der Waals surface area contributed by atoms with Gasteiger partial charge in [-0.05, 0) is 5.92 Å². The lowest BCUT2D eigenvalue weighted by atomic mass is 10.0. The van der Waals surface area contributed by atoms with Gasteiger partial charge in [-0.2, -0.15) is 31.3 Å². The van der Waals surface area contributed by atoms with Crippen molar-refractivity contribution >= 4 is 6.03 Å². The van der Waals surface area contributed by atoms with E-state index in [0.29, 0.717) is 9.36 Å². The van der Waals surface area contributed by atoms with Crippen LogP contribution in [0.15, 0.2) is 12.4 Å². The van der Waals surface area contributed by atoms with Gasteiger partial charge in [-0.25, -0.2) is 4.79 Å². The number of rotatable bonds is 2. The van der Waals surface area contributed by atoms with E-state index >= 15 is 0 Å². The topological polar surface area (TPSA) is 78.5 Å². The molecule has 0 atom stereocenters. The summed E-state index contributed by atoms with van der Waals surface area (Å²) in [7, 11) is 0. The van der Waals surface area contributed by atoms with Crippen LogP contribution in [0.2, 0.25) is 0 Å². The molecule has 0 aliphatic heterocycles. The highest BCUT2D eigenvalue weighted by Crippen LogP contribution is 2.45. The van der Waals surface area contributed by atoms with Gasteiger partial charge in [0, 0.05) is 0 Å². The third-order valence-corrected chi connectivity index (χ3v) is 2.70. The van der Waals surface area contributed by atoms with Gasteiger partial charge in [0.15, 0.2) is 5.69 Å². The van der Waals surface area contributed by atoms with Crippen molar-refractivity contribution in [3.63, 3.8) is 0 Å². The predicted octanol–water partition coefficient (Wildman–Crippen LogP) is 2.16. The molecule has 0 spiro atoms. The molecule has 120 valence electrons. The van der Waals surface area contributed by atoms with Gasteiger partial charge < -0.3 is 0 Å². The Labute approximate surface area is 119 Å². The molecule has 0 aliphatic carbocycles. The van der Waals surface area contributed by atoms with E-state index in [9.17, 15) is 26.7 Å². The molecule has 12 heteroatoms. The molecule has 22 heavy (non-hydrogen) atoms. The summed E-state index contributed by atoms with van der Waals surface area (Å²) in [6.07, 6.45) is -3.63. The minimum Gasteiger partial charge on any atom is -0.243 e. The molecule has 2 rings (SSSR count). The molecule has 0 saturated carbocycles. The van der Waals surface area contributed by atoms with Crippen molar-refractivity contribution in [2.24, 2.45) is 0 Å². The van der Waals surface area contributed by atoms with Crippen LogP contribution in [0.5, 0.6) is 0 Å². The fourth-order valence-electron chi connectivity index (χ4n) is 1.71. The van der Waals surface area contributed by atoms with Crippen LogP contribution in [0.3, 0.4) is 0 Å². The molecule has 0 aliphatic rings. The Bertz CT molecular complexity index is 675. The normalized spacial score (nSPS) is 12.9. The van der Waals surface area contributed by atoms with Crippen LogP contribution in [-0.4, -0.2) is 42.2 Å². The molecule has 0 bridgehead atoms. The Hall–Kier alpha value is -2.40. The summed E-state index contributed by atoms with van der Waals surface area (Å²) in [6, 6.07) is -1.07. The van der Waals surface area contributed by atoms with Gasteiger partial charge in [0.1, 0.15) is 0 Å². The van der Waals surface area contributed by atoms with E-state index < -0.39 is 35.4 Å².